The number of pyridine rings is 1. The van der Waals surface area contributed by atoms with E-state index in [0.717, 1.165) is 12.1 Å². The van der Waals surface area contributed by atoms with Gasteiger partial charge in [0.25, 0.3) is 0 Å². The van der Waals surface area contributed by atoms with Gasteiger partial charge in [0.1, 0.15) is 5.82 Å². The van der Waals surface area contributed by atoms with Crippen molar-refractivity contribution >= 4 is 17.3 Å². The molecule has 0 spiro atoms. The van der Waals surface area contributed by atoms with Gasteiger partial charge < -0.3 is 5.32 Å². The molecule has 2 rings (SSSR count). The van der Waals surface area contributed by atoms with Crippen molar-refractivity contribution in [2.45, 2.75) is 12.7 Å². The summed E-state index contributed by atoms with van der Waals surface area (Å²) < 4.78 is 50.8. The summed E-state index contributed by atoms with van der Waals surface area (Å²) in [4.78, 5) is 3.80. The Balaban J connectivity index is 2.17. The van der Waals surface area contributed by atoms with Crippen LogP contribution >= 0.6 is 11.6 Å². The highest BCUT2D eigenvalue weighted by atomic mass is 35.5. The molecule has 1 N–H and O–H groups in total. The molecule has 0 unspecified atom stereocenters. The molecule has 0 bridgehead atoms. The molecule has 106 valence electrons. The summed E-state index contributed by atoms with van der Waals surface area (Å²) in [7, 11) is 0. The number of hydrogen-bond acceptors (Lipinski definition) is 2. The van der Waals surface area contributed by atoms with Crippen LogP contribution in [0.15, 0.2) is 36.7 Å². The van der Waals surface area contributed by atoms with Crippen molar-refractivity contribution in [3.05, 3.63) is 58.6 Å². The maximum absolute atomic E-state index is 13.1. The van der Waals surface area contributed by atoms with Crippen LogP contribution in [0.5, 0.6) is 0 Å². The van der Waals surface area contributed by atoms with Crippen LogP contribution in [0, 0.1) is 5.82 Å². The van der Waals surface area contributed by atoms with Gasteiger partial charge in [0.15, 0.2) is 0 Å². The maximum Gasteiger partial charge on any atom is 0.419 e. The third-order valence-electron chi connectivity index (χ3n) is 2.61. The molecule has 20 heavy (non-hydrogen) atoms. The fourth-order valence-electron chi connectivity index (χ4n) is 1.60. The van der Waals surface area contributed by atoms with Crippen LogP contribution in [-0.4, -0.2) is 4.98 Å². The third-order valence-corrected chi connectivity index (χ3v) is 2.95. The molecule has 0 aliphatic heterocycles. The van der Waals surface area contributed by atoms with Gasteiger partial charge in [-0.2, -0.15) is 13.2 Å². The molecule has 0 aliphatic carbocycles. The van der Waals surface area contributed by atoms with Gasteiger partial charge in [-0.25, -0.2) is 4.39 Å². The molecule has 2 aromatic rings. The Bertz CT molecular complexity index is 614. The monoisotopic (exact) mass is 304 g/mol. The molecule has 0 saturated carbocycles. The predicted octanol–water partition coefficient (Wildman–Crippen LogP) is 4.51. The second kappa shape index (κ2) is 5.66. The van der Waals surface area contributed by atoms with Gasteiger partial charge in [-0.1, -0.05) is 11.6 Å². The number of alkyl halides is 3. The molecule has 1 aromatic heterocycles. The van der Waals surface area contributed by atoms with Gasteiger partial charge in [0.2, 0.25) is 0 Å². The topological polar surface area (TPSA) is 24.9 Å². The van der Waals surface area contributed by atoms with Gasteiger partial charge in [-0.15, -0.1) is 0 Å². The van der Waals surface area contributed by atoms with Crippen molar-refractivity contribution in [2.24, 2.45) is 0 Å². The molecule has 0 saturated heterocycles. The van der Waals surface area contributed by atoms with Crippen LogP contribution < -0.4 is 5.32 Å². The molecule has 0 aliphatic rings. The molecule has 1 aromatic carbocycles. The summed E-state index contributed by atoms with van der Waals surface area (Å²) in [5.41, 5.74) is -0.463. The first-order chi connectivity index (χ1) is 9.38. The number of aromatic nitrogens is 1. The van der Waals surface area contributed by atoms with Crippen LogP contribution in [0.4, 0.5) is 23.2 Å². The molecule has 0 amide bonds. The lowest BCUT2D eigenvalue weighted by atomic mass is 10.1. The lowest BCUT2D eigenvalue weighted by molar-refractivity contribution is -0.139. The van der Waals surface area contributed by atoms with Crippen molar-refractivity contribution in [2.75, 3.05) is 5.32 Å². The highest BCUT2D eigenvalue weighted by Gasteiger charge is 2.34. The predicted molar refractivity (Wildman–Crippen MR) is 68.0 cm³/mol. The molecule has 7 heteroatoms. The molecular formula is C13H9ClF4N2. The van der Waals surface area contributed by atoms with E-state index in [1.165, 1.54) is 18.5 Å². The molecular weight excluding hydrogens is 296 g/mol. The van der Waals surface area contributed by atoms with E-state index in [9.17, 15) is 17.6 Å². The average Bonchev–Trinajstić information content (AvgIpc) is 2.38. The van der Waals surface area contributed by atoms with Gasteiger partial charge in [0, 0.05) is 24.6 Å². The van der Waals surface area contributed by atoms with Gasteiger partial charge >= 0.3 is 6.18 Å². The summed E-state index contributed by atoms with van der Waals surface area (Å²) in [5.74, 6) is -1.30. The zero-order chi connectivity index (χ0) is 14.8. The van der Waals surface area contributed by atoms with E-state index in [0.29, 0.717) is 10.6 Å². The SMILES string of the molecule is Fc1ccc(NCc2ccncc2Cl)cc1C(F)(F)F. The Labute approximate surface area is 117 Å². The van der Waals surface area contributed by atoms with Crippen LogP contribution in [0.25, 0.3) is 0 Å². The first kappa shape index (κ1) is 14.6. The zero-order valence-electron chi connectivity index (χ0n) is 10.0. The Kier molecular flexibility index (Phi) is 4.13. The first-order valence-electron chi connectivity index (χ1n) is 5.57. The van der Waals surface area contributed by atoms with Gasteiger partial charge in [-0.05, 0) is 29.8 Å². The molecule has 0 radical (unpaired) electrons. The van der Waals surface area contributed by atoms with Crippen LogP contribution in [0.2, 0.25) is 5.02 Å². The minimum atomic E-state index is -4.73. The maximum atomic E-state index is 13.1. The Morgan fingerprint density at radius 2 is 1.95 bits per heavy atom. The largest absolute Gasteiger partial charge is 0.419 e. The Hall–Kier alpha value is -1.82. The molecule has 2 nitrogen and oxygen atoms in total. The summed E-state index contributed by atoms with van der Waals surface area (Å²) in [5, 5.41) is 3.16. The number of halogens is 5. The number of nitrogens with one attached hydrogen (secondary N) is 1. The van der Waals surface area contributed by atoms with Crippen molar-refractivity contribution < 1.29 is 17.6 Å². The fourth-order valence-corrected chi connectivity index (χ4v) is 1.78. The Morgan fingerprint density at radius 1 is 1.20 bits per heavy atom. The number of rotatable bonds is 3. The second-order valence-corrected chi connectivity index (χ2v) is 4.42. The minimum Gasteiger partial charge on any atom is -0.381 e. The zero-order valence-corrected chi connectivity index (χ0v) is 10.8. The van der Waals surface area contributed by atoms with Crippen molar-refractivity contribution in [1.29, 1.82) is 0 Å². The highest BCUT2D eigenvalue weighted by Crippen LogP contribution is 2.33. The van der Waals surface area contributed by atoms with Crippen LogP contribution in [0.1, 0.15) is 11.1 Å². The van der Waals surface area contributed by atoms with Crippen LogP contribution in [0.3, 0.4) is 0 Å². The van der Waals surface area contributed by atoms with Crippen molar-refractivity contribution in [3.63, 3.8) is 0 Å². The Morgan fingerprint density at radius 3 is 2.60 bits per heavy atom. The highest BCUT2D eigenvalue weighted by molar-refractivity contribution is 6.31. The fraction of sp³-hybridized carbons (Fsp3) is 0.154. The lowest BCUT2D eigenvalue weighted by Gasteiger charge is -2.12. The number of nitrogens with zero attached hydrogens (tertiary/aromatic N) is 1. The van der Waals surface area contributed by atoms with E-state index in [1.54, 1.807) is 6.07 Å². The molecule has 0 atom stereocenters. The van der Waals surface area contributed by atoms with E-state index in [1.807, 2.05) is 0 Å². The van der Waals surface area contributed by atoms with Gasteiger partial charge in [0.05, 0.1) is 10.6 Å². The normalized spacial score (nSPS) is 11.4. The average molecular weight is 305 g/mol. The quantitative estimate of drug-likeness (QED) is 0.844. The smallest absolute Gasteiger partial charge is 0.381 e. The summed E-state index contributed by atoms with van der Waals surface area (Å²) in [6, 6.07) is 4.38. The first-order valence-corrected chi connectivity index (χ1v) is 5.95. The van der Waals surface area contributed by atoms with E-state index >= 15 is 0 Å². The van der Waals surface area contributed by atoms with Crippen molar-refractivity contribution in [1.82, 2.24) is 4.98 Å². The van der Waals surface area contributed by atoms with E-state index in [4.69, 9.17) is 11.6 Å². The summed E-state index contributed by atoms with van der Waals surface area (Å²) in [6.07, 6.45) is -1.77. The van der Waals surface area contributed by atoms with E-state index in [2.05, 4.69) is 10.3 Å². The summed E-state index contributed by atoms with van der Waals surface area (Å²) in [6.45, 7) is 0.213. The van der Waals surface area contributed by atoms with E-state index < -0.39 is 17.6 Å². The number of anilines is 1. The second-order valence-electron chi connectivity index (χ2n) is 4.01. The standard InChI is InChI=1S/C13H9ClF4N2/c14-11-7-19-4-3-8(11)6-20-9-1-2-12(15)10(5-9)13(16,17)18/h1-5,7,20H,6H2. The minimum absolute atomic E-state index is 0.159. The van der Waals surface area contributed by atoms with Crippen molar-refractivity contribution in [3.8, 4) is 0 Å². The molecule has 1 heterocycles. The van der Waals surface area contributed by atoms with Gasteiger partial charge in [-0.3, -0.25) is 4.98 Å². The number of benzene rings is 1. The summed E-state index contributed by atoms with van der Waals surface area (Å²) >= 11 is 5.88. The van der Waals surface area contributed by atoms with Crippen LogP contribution in [-0.2, 0) is 12.7 Å². The lowest BCUT2D eigenvalue weighted by Crippen LogP contribution is -2.09. The third kappa shape index (κ3) is 3.39. The van der Waals surface area contributed by atoms with E-state index in [-0.39, 0.29) is 12.2 Å². The number of hydrogen-bond donors (Lipinski definition) is 1. The molecule has 0 fully saturated rings.